The molecule has 2 saturated heterocycles. The van der Waals surface area contributed by atoms with Crippen LogP contribution in [0, 0.1) is 11.8 Å². The van der Waals surface area contributed by atoms with E-state index in [9.17, 15) is 9.59 Å². The molecule has 0 saturated carbocycles. The Morgan fingerprint density at radius 2 is 2.17 bits per heavy atom. The summed E-state index contributed by atoms with van der Waals surface area (Å²) in [5.74, 6) is 0.635. The molecular weight excluding hydrogens is 330 g/mol. The van der Waals surface area contributed by atoms with Crippen LogP contribution in [-0.2, 0) is 9.59 Å². The van der Waals surface area contributed by atoms with Crippen LogP contribution in [0.25, 0.3) is 0 Å². The Labute approximate surface area is 148 Å². The predicted molar refractivity (Wildman–Crippen MR) is 94.1 cm³/mol. The zero-order valence-electron chi connectivity index (χ0n) is 14.0. The number of halogens is 1. The minimum Gasteiger partial charge on any atom is -0.342 e. The van der Waals surface area contributed by atoms with E-state index in [4.69, 9.17) is 0 Å². The van der Waals surface area contributed by atoms with Crippen molar-refractivity contribution in [3.63, 3.8) is 0 Å². The van der Waals surface area contributed by atoms with Crippen molar-refractivity contribution in [1.29, 1.82) is 0 Å². The zero-order chi connectivity index (χ0) is 16.2. The Balaban J connectivity index is 0.00000208. The highest BCUT2D eigenvalue weighted by Crippen LogP contribution is 2.27. The third-order valence-corrected chi connectivity index (χ3v) is 5.00. The van der Waals surface area contributed by atoms with Crippen molar-refractivity contribution in [2.24, 2.45) is 11.8 Å². The molecule has 8 heteroatoms. The van der Waals surface area contributed by atoms with Gasteiger partial charge in [0.15, 0.2) is 0 Å². The van der Waals surface area contributed by atoms with Gasteiger partial charge in [-0.3, -0.25) is 14.7 Å². The molecule has 0 bridgehead atoms. The van der Waals surface area contributed by atoms with Crippen LogP contribution in [0.5, 0.6) is 0 Å². The predicted octanol–water partition coefficient (Wildman–Crippen LogP) is 1.03. The number of aromatic nitrogens is 2. The average molecular weight is 356 g/mol. The number of carbonyl (C=O) groups is 2. The largest absolute Gasteiger partial charge is 0.342 e. The van der Waals surface area contributed by atoms with Crippen LogP contribution in [0.3, 0.4) is 0 Å². The van der Waals surface area contributed by atoms with Gasteiger partial charge in [-0.15, -0.1) is 12.4 Å². The molecule has 1 atom stereocenters. The van der Waals surface area contributed by atoms with Gasteiger partial charge in [-0.2, -0.15) is 5.10 Å². The molecule has 0 aliphatic carbocycles. The Morgan fingerprint density at radius 3 is 2.79 bits per heavy atom. The summed E-state index contributed by atoms with van der Waals surface area (Å²) in [5.41, 5.74) is 0.746. The number of hydrogen-bond acceptors (Lipinski definition) is 4. The third kappa shape index (κ3) is 4.08. The van der Waals surface area contributed by atoms with Crippen molar-refractivity contribution in [2.45, 2.75) is 25.7 Å². The van der Waals surface area contributed by atoms with E-state index in [1.165, 1.54) is 6.42 Å². The molecule has 1 aromatic heterocycles. The van der Waals surface area contributed by atoms with Gasteiger partial charge in [0.05, 0.1) is 17.8 Å². The summed E-state index contributed by atoms with van der Waals surface area (Å²) < 4.78 is 0. The van der Waals surface area contributed by atoms with Crippen molar-refractivity contribution in [2.75, 3.05) is 38.1 Å². The number of rotatable bonds is 5. The van der Waals surface area contributed by atoms with Crippen LogP contribution in [0.15, 0.2) is 12.4 Å². The van der Waals surface area contributed by atoms with Gasteiger partial charge < -0.3 is 15.1 Å². The number of H-pyrrole nitrogens is 1. The molecule has 2 aliphatic heterocycles. The monoisotopic (exact) mass is 355 g/mol. The highest BCUT2D eigenvalue weighted by Gasteiger charge is 2.38. The van der Waals surface area contributed by atoms with Crippen LogP contribution in [0.2, 0.25) is 0 Å². The van der Waals surface area contributed by atoms with E-state index in [1.54, 1.807) is 17.3 Å². The van der Waals surface area contributed by atoms with E-state index in [0.717, 1.165) is 38.2 Å². The molecule has 0 aromatic carbocycles. The summed E-state index contributed by atoms with van der Waals surface area (Å²) in [6, 6.07) is 0. The Kier molecular flexibility index (Phi) is 6.62. The fraction of sp³-hybridized carbons (Fsp3) is 0.688. The SMILES string of the molecule is CNCCC1CCN(C(=O)C2CC(=O)N(c3cn[nH]c3)C2)CC1.Cl. The molecule has 2 N–H and O–H groups in total. The molecule has 2 aliphatic rings. The fourth-order valence-electron chi connectivity index (χ4n) is 3.56. The molecule has 24 heavy (non-hydrogen) atoms. The molecule has 2 fully saturated rings. The van der Waals surface area contributed by atoms with E-state index in [1.807, 2.05) is 11.9 Å². The smallest absolute Gasteiger partial charge is 0.228 e. The molecule has 134 valence electrons. The molecule has 1 unspecified atom stereocenters. The minimum atomic E-state index is -0.216. The Hall–Kier alpha value is -1.60. The number of anilines is 1. The van der Waals surface area contributed by atoms with Gasteiger partial charge in [-0.05, 0) is 38.8 Å². The average Bonchev–Trinajstić information content (AvgIpc) is 3.22. The summed E-state index contributed by atoms with van der Waals surface area (Å²) in [6.45, 7) is 3.15. The number of nitrogens with zero attached hydrogens (tertiary/aromatic N) is 3. The maximum absolute atomic E-state index is 12.7. The zero-order valence-corrected chi connectivity index (χ0v) is 14.8. The molecule has 2 amide bonds. The summed E-state index contributed by atoms with van der Waals surface area (Å²) in [5, 5.41) is 9.77. The molecule has 3 rings (SSSR count). The van der Waals surface area contributed by atoms with Crippen LogP contribution in [0.1, 0.15) is 25.7 Å². The first-order valence-electron chi connectivity index (χ1n) is 8.41. The lowest BCUT2D eigenvalue weighted by molar-refractivity contribution is -0.137. The lowest BCUT2D eigenvalue weighted by Crippen LogP contribution is -2.42. The van der Waals surface area contributed by atoms with E-state index >= 15 is 0 Å². The van der Waals surface area contributed by atoms with Gasteiger partial charge in [-0.25, -0.2) is 0 Å². The number of amides is 2. The van der Waals surface area contributed by atoms with E-state index in [2.05, 4.69) is 15.5 Å². The maximum atomic E-state index is 12.7. The highest BCUT2D eigenvalue weighted by atomic mass is 35.5. The standard InChI is InChI=1S/C16H25N5O2.ClH/c1-17-5-2-12-3-6-20(7-4-12)16(23)13-8-15(22)21(11-13)14-9-18-19-10-14;/h9-10,12-13,17H,2-8,11H2,1H3,(H,18,19);1H. The van der Waals surface area contributed by atoms with Crippen LogP contribution < -0.4 is 10.2 Å². The van der Waals surface area contributed by atoms with Crippen molar-refractivity contribution >= 4 is 29.9 Å². The molecular formula is C16H26ClN5O2. The van der Waals surface area contributed by atoms with Crippen molar-refractivity contribution in [1.82, 2.24) is 20.4 Å². The van der Waals surface area contributed by atoms with Crippen molar-refractivity contribution in [3.05, 3.63) is 12.4 Å². The van der Waals surface area contributed by atoms with Gasteiger partial charge >= 0.3 is 0 Å². The number of likely N-dealkylation sites (tertiary alicyclic amines) is 1. The fourth-order valence-corrected chi connectivity index (χ4v) is 3.56. The molecule has 1 aromatic rings. The first-order chi connectivity index (χ1) is 11.2. The second-order valence-electron chi connectivity index (χ2n) is 6.52. The number of piperidine rings is 1. The lowest BCUT2D eigenvalue weighted by atomic mass is 9.92. The van der Waals surface area contributed by atoms with Crippen LogP contribution in [0.4, 0.5) is 5.69 Å². The summed E-state index contributed by atoms with van der Waals surface area (Å²) >= 11 is 0. The number of hydrogen-bond donors (Lipinski definition) is 2. The normalized spacial score (nSPS) is 21.9. The quantitative estimate of drug-likeness (QED) is 0.826. The van der Waals surface area contributed by atoms with Gasteiger partial charge in [0.1, 0.15) is 0 Å². The molecule has 0 radical (unpaired) electrons. The summed E-state index contributed by atoms with van der Waals surface area (Å²) in [4.78, 5) is 28.4. The Bertz CT molecular complexity index is 543. The van der Waals surface area contributed by atoms with E-state index < -0.39 is 0 Å². The topological polar surface area (TPSA) is 81.3 Å². The maximum Gasteiger partial charge on any atom is 0.228 e. The molecule has 3 heterocycles. The number of nitrogens with one attached hydrogen (secondary N) is 2. The molecule has 7 nitrogen and oxygen atoms in total. The summed E-state index contributed by atoms with van der Waals surface area (Å²) in [7, 11) is 1.97. The second-order valence-corrected chi connectivity index (χ2v) is 6.52. The van der Waals surface area contributed by atoms with E-state index in [-0.39, 0.29) is 30.1 Å². The second kappa shape index (κ2) is 8.48. The van der Waals surface area contributed by atoms with Gasteiger partial charge in [0.25, 0.3) is 0 Å². The highest BCUT2D eigenvalue weighted by molar-refractivity contribution is 6.00. The minimum absolute atomic E-state index is 0. The first-order valence-corrected chi connectivity index (χ1v) is 8.41. The van der Waals surface area contributed by atoms with Crippen LogP contribution >= 0.6 is 12.4 Å². The van der Waals surface area contributed by atoms with Crippen LogP contribution in [-0.4, -0.2) is 60.1 Å². The summed E-state index contributed by atoms with van der Waals surface area (Å²) in [6.07, 6.45) is 6.94. The van der Waals surface area contributed by atoms with Gasteiger partial charge in [-0.1, -0.05) is 0 Å². The number of aromatic amines is 1. The van der Waals surface area contributed by atoms with Gasteiger partial charge in [0, 0.05) is 32.3 Å². The lowest BCUT2D eigenvalue weighted by Gasteiger charge is -2.33. The molecule has 0 spiro atoms. The van der Waals surface area contributed by atoms with Gasteiger partial charge in [0.2, 0.25) is 11.8 Å². The van der Waals surface area contributed by atoms with E-state index in [0.29, 0.717) is 18.9 Å². The number of carbonyl (C=O) groups excluding carboxylic acids is 2. The van der Waals surface area contributed by atoms with Crippen molar-refractivity contribution in [3.8, 4) is 0 Å². The first kappa shape index (κ1) is 18.7. The van der Waals surface area contributed by atoms with Crippen molar-refractivity contribution < 1.29 is 9.59 Å². The third-order valence-electron chi connectivity index (χ3n) is 5.00. The Morgan fingerprint density at radius 1 is 1.42 bits per heavy atom.